The first-order valence-electron chi connectivity index (χ1n) is 10.6. The topological polar surface area (TPSA) is 90.9 Å². The molecule has 164 valence electrons. The molecule has 2 aliphatic rings. The highest BCUT2D eigenvalue weighted by Crippen LogP contribution is 2.26. The van der Waals surface area contributed by atoms with Crippen LogP contribution in [0.25, 0.3) is 15.9 Å². The number of aliphatic imine (C=N–C) groups is 1. The summed E-state index contributed by atoms with van der Waals surface area (Å²) in [6.45, 7) is 2.68. The Kier molecular flexibility index (Phi) is 5.48. The molecule has 32 heavy (non-hydrogen) atoms. The largest absolute Gasteiger partial charge is 0.497 e. The van der Waals surface area contributed by atoms with Crippen LogP contribution in [0, 0.1) is 0 Å². The van der Waals surface area contributed by atoms with E-state index in [9.17, 15) is 9.59 Å². The number of H-pyrrole nitrogens is 1. The van der Waals surface area contributed by atoms with Crippen molar-refractivity contribution in [3.8, 4) is 5.75 Å². The number of piperazine rings is 1. The summed E-state index contributed by atoms with van der Waals surface area (Å²) in [4.78, 5) is 41.8. The van der Waals surface area contributed by atoms with E-state index in [1.165, 1.54) is 11.3 Å². The van der Waals surface area contributed by atoms with Gasteiger partial charge >= 0.3 is 0 Å². The van der Waals surface area contributed by atoms with Gasteiger partial charge in [0.25, 0.3) is 11.5 Å². The van der Waals surface area contributed by atoms with Crippen molar-refractivity contribution < 1.29 is 9.53 Å². The molecular weight excluding hydrogens is 426 g/mol. The number of benzene rings is 1. The maximum absolute atomic E-state index is 13.3. The van der Waals surface area contributed by atoms with Gasteiger partial charge in [-0.1, -0.05) is 6.08 Å². The van der Waals surface area contributed by atoms with Crippen LogP contribution >= 0.6 is 11.3 Å². The number of ether oxygens (including phenoxy) is 1. The first kappa shape index (κ1) is 20.4. The number of hydrogen-bond donors (Lipinski definition) is 1. The molecule has 3 aromatic rings. The minimum absolute atomic E-state index is 0.0872. The summed E-state index contributed by atoms with van der Waals surface area (Å²) in [6, 6.07) is 7.94. The lowest BCUT2D eigenvalue weighted by atomic mass is 10.2. The van der Waals surface area contributed by atoms with Crippen LogP contribution in [0.3, 0.4) is 0 Å². The van der Waals surface area contributed by atoms with Gasteiger partial charge in [0.05, 0.1) is 12.7 Å². The van der Waals surface area contributed by atoms with Gasteiger partial charge in [-0.15, -0.1) is 11.3 Å². The summed E-state index contributed by atoms with van der Waals surface area (Å²) in [6.07, 6.45) is 5.51. The highest BCUT2D eigenvalue weighted by molar-refractivity contribution is 7.17. The van der Waals surface area contributed by atoms with Crippen molar-refractivity contribution in [2.75, 3.05) is 38.2 Å². The number of carbonyl (C=O) groups is 1. The van der Waals surface area contributed by atoms with E-state index in [1.807, 2.05) is 41.5 Å². The summed E-state index contributed by atoms with van der Waals surface area (Å²) in [5, 5.41) is 1.74. The van der Waals surface area contributed by atoms with E-state index in [4.69, 9.17) is 4.74 Å². The van der Waals surface area contributed by atoms with Crippen molar-refractivity contribution in [1.82, 2.24) is 14.9 Å². The highest BCUT2D eigenvalue weighted by atomic mass is 32.1. The molecule has 1 aromatic carbocycles. The van der Waals surface area contributed by atoms with Gasteiger partial charge in [0.1, 0.15) is 21.7 Å². The Balaban J connectivity index is 1.36. The molecule has 0 atom stereocenters. The van der Waals surface area contributed by atoms with Crippen molar-refractivity contribution in [3.63, 3.8) is 0 Å². The van der Waals surface area contributed by atoms with E-state index < -0.39 is 0 Å². The number of nitrogens with zero attached hydrogens (tertiary/aromatic N) is 4. The molecule has 0 saturated carbocycles. The number of allylic oxidation sites excluding steroid dienone is 1. The van der Waals surface area contributed by atoms with E-state index in [-0.39, 0.29) is 11.5 Å². The summed E-state index contributed by atoms with van der Waals surface area (Å²) in [5.41, 5.74) is 2.46. The van der Waals surface area contributed by atoms with Gasteiger partial charge < -0.3 is 19.5 Å². The van der Waals surface area contributed by atoms with Gasteiger partial charge in [-0.05, 0) is 37.1 Å². The van der Waals surface area contributed by atoms with Crippen molar-refractivity contribution in [1.29, 1.82) is 0 Å². The minimum Gasteiger partial charge on any atom is -0.497 e. The molecule has 5 rings (SSSR count). The van der Waals surface area contributed by atoms with E-state index in [1.54, 1.807) is 12.5 Å². The maximum atomic E-state index is 13.3. The van der Waals surface area contributed by atoms with Gasteiger partial charge in [-0.3, -0.25) is 14.6 Å². The van der Waals surface area contributed by atoms with Gasteiger partial charge in [0.2, 0.25) is 0 Å². The third kappa shape index (κ3) is 3.80. The Bertz CT molecular complexity index is 1270. The number of carbonyl (C=O) groups excluding carboxylic acids is 1. The molecule has 2 aromatic heterocycles. The Morgan fingerprint density at radius 1 is 1.12 bits per heavy atom. The number of aromatic nitrogens is 2. The molecule has 0 aliphatic carbocycles. The molecule has 0 spiro atoms. The van der Waals surface area contributed by atoms with Gasteiger partial charge in [0.15, 0.2) is 5.82 Å². The SMILES string of the molecule is COc1ccc(N2CCN(C(=O)c3csc4c(=O)[nH]c(C5=CCCC=N5)nc34)CC2)cc1. The Hall–Kier alpha value is -3.46. The van der Waals surface area contributed by atoms with Crippen molar-refractivity contribution in [3.05, 3.63) is 57.5 Å². The maximum Gasteiger partial charge on any atom is 0.269 e. The van der Waals surface area contributed by atoms with Gasteiger partial charge in [-0.2, -0.15) is 0 Å². The van der Waals surface area contributed by atoms with Crippen LogP contribution in [-0.4, -0.2) is 60.3 Å². The van der Waals surface area contributed by atoms with Crippen LogP contribution in [0.4, 0.5) is 5.69 Å². The second-order valence-electron chi connectivity index (χ2n) is 7.70. The minimum atomic E-state index is -0.236. The van der Waals surface area contributed by atoms with E-state index in [2.05, 4.69) is 19.9 Å². The van der Waals surface area contributed by atoms with E-state index >= 15 is 0 Å². The van der Waals surface area contributed by atoms with Crippen LogP contribution < -0.4 is 15.2 Å². The molecule has 4 heterocycles. The van der Waals surface area contributed by atoms with Crippen molar-refractivity contribution in [2.45, 2.75) is 12.8 Å². The second-order valence-corrected chi connectivity index (χ2v) is 8.58. The molecule has 2 aliphatic heterocycles. The molecule has 0 bridgehead atoms. The van der Waals surface area contributed by atoms with E-state index in [0.29, 0.717) is 40.4 Å². The number of anilines is 1. The van der Waals surface area contributed by atoms with E-state index in [0.717, 1.165) is 37.4 Å². The van der Waals surface area contributed by atoms with Gasteiger partial charge in [-0.25, -0.2) is 4.98 Å². The average molecular weight is 450 g/mol. The number of nitrogens with one attached hydrogen (secondary N) is 1. The lowest BCUT2D eigenvalue weighted by Gasteiger charge is -2.36. The first-order chi connectivity index (χ1) is 15.6. The fraction of sp³-hybridized carbons (Fsp3) is 0.304. The fourth-order valence-electron chi connectivity index (χ4n) is 4.00. The number of thiophene rings is 1. The molecule has 1 fully saturated rings. The normalized spacial score (nSPS) is 16.3. The standard InChI is InChI=1S/C23H23N5O3S/c1-31-16-7-5-15(6-8-16)27-10-12-28(13-11-27)23(30)17-14-32-20-19(17)25-21(26-22(20)29)18-4-2-3-9-24-18/h4-9,14H,2-3,10-13H2,1H3,(H,25,26,29). The number of rotatable bonds is 4. The highest BCUT2D eigenvalue weighted by Gasteiger charge is 2.26. The molecule has 1 amide bonds. The van der Waals surface area contributed by atoms with Crippen molar-refractivity contribution in [2.24, 2.45) is 4.99 Å². The summed E-state index contributed by atoms with van der Waals surface area (Å²) in [5.74, 6) is 1.15. The van der Waals surface area contributed by atoms with Crippen LogP contribution in [0.2, 0.25) is 0 Å². The van der Waals surface area contributed by atoms with Crippen LogP contribution in [-0.2, 0) is 0 Å². The number of amides is 1. The average Bonchev–Trinajstić information content (AvgIpc) is 3.29. The van der Waals surface area contributed by atoms with Gasteiger partial charge in [0, 0.05) is 43.5 Å². The molecule has 9 heteroatoms. The number of fused-ring (bicyclic) bond motifs is 1. The Morgan fingerprint density at radius 2 is 1.91 bits per heavy atom. The number of aromatic amines is 1. The predicted molar refractivity (Wildman–Crippen MR) is 127 cm³/mol. The third-order valence-corrected chi connectivity index (χ3v) is 6.74. The van der Waals surface area contributed by atoms with Crippen LogP contribution in [0.5, 0.6) is 5.75 Å². The Morgan fingerprint density at radius 3 is 2.59 bits per heavy atom. The zero-order valence-corrected chi connectivity index (χ0v) is 18.5. The summed E-state index contributed by atoms with van der Waals surface area (Å²) >= 11 is 1.26. The third-order valence-electron chi connectivity index (χ3n) is 5.77. The lowest BCUT2D eigenvalue weighted by Crippen LogP contribution is -2.48. The molecule has 1 N–H and O–H groups in total. The number of methoxy groups -OCH3 is 1. The molecular formula is C23H23N5O3S. The summed E-state index contributed by atoms with van der Waals surface area (Å²) < 4.78 is 5.69. The monoisotopic (exact) mass is 449 g/mol. The molecule has 8 nitrogen and oxygen atoms in total. The predicted octanol–water partition coefficient (Wildman–Crippen LogP) is 3.16. The zero-order valence-electron chi connectivity index (χ0n) is 17.7. The fourth-order valence-corrected chi connectivity index (χ4v) is 4.87. The van der Waals surface area contributed by atoms with Crippen molar-refractivity contribution >= 4 is 45.1 Å². The number of hydrogen-bond acceptors (Lipinski definition) is 7. The molecule has 1 saturated heterocycles. The van der Waals surface area contributed by atoms with Crippen LogP contribution in [0.15, 0.2) is 45.5 Å². The van der Waals surface area contributed by atoms with Crippen LogP contribution in [0.1, 0.15) is 29.0 Å². The Labute approximate surface area is 188 Å². The lowest BCUT2D eigenvalue weighted by molar-refractivity contribution is 0.0749. The first-order valence-corrected chi connectivity index (χ1v) is 11.4. The molecule has 0 unspecified atom stereocenters. The zero-order chi connectivity index (χ0) is 22.1. The quantitative estimate of drug-likeness (QED) is 0.661. The smallest absolute Gasteiger partial charge is 0.269 e. The molecule has 0 radical (unpaired) electrons. The summed E-state index contributed by atoms with van der Waals surface area (Å²) in [7, 11) is 1.65. The second kappa shape index (κ2) is 8.58.